The van der Waals surface area contributed by atoms with Crippen molar-refractivity contribution in [2.75, 3.05) is 26.2 Å². The van der Waals surface area contributed by atoms with Crippen LogP contribution < -0.4 is 10.6 Å². The summed E-state index contributed by atoms with van der Waals surface area (Å²) < 4.78 is 5.26. The summed E-state index contributed by atoms with van der Waals surface area (Å²) in [5, 5.41) is 6.02. The normalized spacial score (nSPS) is 20.4. The number of amides is 2. The lowest BCUT2D eigenvalue weighted by atomic mass is 9.97. The minimum Gasteiger partial charge on any atom is -0.444 e. The lowest BCUT2D eigenvalue weighted by Gasteiger charge is -2.32. The number of carbonyl (C=O) groups excluding carboxylic acids is 2. The molecule has 1 saturated heterocycles. The predicted molar refractivity (Wildman–Crippen MR) is 98.4 cm³/mol. The first-order chi connectivity index (χ1) is 11.8. The Hall–Kier alpha value is -1.30. The number of nitrogens with zero attached hydrogens (tertiary/aromatic N) is 1. The van der Waals surface area contributed by atoms with Gasteiger partial charge in [-0.05, 0) is 65.5 Å². The molecular weight excluding hydrogens is 318 g/mol. The Morgan fingerprint density at radius 1 is 1.08 bits per heavy atom. The van der Waals surface area contributed by atoms with Crippen LogP contribution in [-0.2, 0) is 9.53 Å². The molecule has 6 heteroatoms. The largest absolute Gasteiger partial charge is 0.444 e. The Balaban J connectivity index is 1.55. The topological polar surface area (TPSA) is 70.7 Å². The van der Waals surface area contributed by atoms with Crippen LogP contribution in [0, 0.1) is 5.92 Å². The van der Waals surface area contributed by atoms with Gasteiger partial charge in [-0.15, -0.1) is 0 Å². The molecule has 2 N–H and O–H groups in total. The summed E-state index contributed by atoms with van der Waals surface area (Å²) in [5.74, 6) is 0.691. The number of piperidine rings is 1. The molecule has 2 aliphatic rings. The molecule has 0 spiro atoms. The fraction of sp³-hybridized carbons (Fsp3) is 0.895. The zero-order valence-electron chi connectivity index (χ0n) is 16.1. The van der Waals surface area contributed by atoms with Crippen LogP contribution in [-0.4, -0.2) is 54.7 Å². The Labute approximate surface area is 152 Å². The van der Waals surface area contributed by atoms with Gasteiger partial charge in [-0.25, -0.2) is 4.79 Å². The maximum Gasteiger partial charge on any atom is 0.407 e. The highest BCUT2D eigenvalue weighted by Gasteiger charge is 2.22. The number of carbonyl (C=O) groups is 2. The van der Waals surface area contributed by atoms with Crippen LogP contribution in [0.2, 0.25) is 0 Å². The maximum absolute atomic E-state index is 12.0. The molecule has 0 radical (unpaired) electrons. The number of hydrogen-bond acceptors (Lipinski definition) is 4. The van der Waals surface area contributed by atoms with Crippen LogP contribution in [0.4, 0.5) is 4.79 Å². The highest BCUT2D eigenvalue weighted by molar-refractivity contribution is 5.76. The molecule has 0 aromatic rings. The Bertz CT molecular complexity index is 434. The van der Waals surface area contributed by atoms with Gasteiger partial charge in [0.25, 0.3) is 0 Å². The SMILES string of the molecule is CC(C)(C)OC(=O)NCC1CCN(CCC(=O)NC2CCCC2)CC1. The van der Waals surface area contributed by atoms with E-state index in [4.69, 9.17) is 4.74 Å². The van der Waals surface area contributed by atoms with Crippen LogP contribution in [0.3, 0.4) is 0 Å². The van der Waals surface area contributed by atoms with E-state index in [-0.39, 0.29) is 12.0 Å². The average molecular weight is 354 g/mol. The zero-order chi connectivity index (χ0) is 18.3. The smallest absolute Gasteiger partial charge is 0.407 e. The minimum atomic E-state index is -0.452. The van der Waals surface area contributed by atoms with Crippen molar-refractivity contribution < 1.29 is 14.3 Å². The standard InChI is InChI=1S/C19H35N3O3/c1-19(2,3)25-18(24)20-14-15-8-11-22(12-9-15)13-10-17(23)21-16-6-4-5-7-16/h15-16H,4-14H2,1-3H3,(H,20,24)(H,21,23). The summed E-state index contributed by atoms with van der Waals surface area (Å²) >= 11 is 0. The highest BCUT2D eigenvalue weighted by atomic mass is 16.6. The second-order valence-corrected chi connectivity index (χ2v) is 8.47. The number of alkyl carbamates (subject to hydrolysis) is 1. The van der Waals surface area contributed by atoms with Gasteiger partial charge in [0.1, 0.15) is 5.60 Å². The molecule has 2 rings (SSSR count). The molecule has 0 bridgehead atoms. The second-order valence-electron chi connectivity index (χ2n) is 8.47. The monoisotopic (exact) mass is 353 g/mol. The lowest BCUT2D eigenvalue weighted by molar-refractivity contribution is -0.122. The van der Waals surface area contributed by atoms with Crippen LogP contribution in [0.5, 0.6) is 0 Å². The van der Waals surface area contributed by atoms with Crippen molar-refractivity contribution in [3.8, 4) is 0 Å². The van der Waals surface area contributed by atoms with Gasteiger partial charge in [-0.1, -0.05) is 12.8 Å². The fourth-order valence-electron chi connectivity index (χ4n) is 3.59. The van der Waals surface area contributed by atoms with Crippen molar-refractivity contribution in [3.05, 3.63) is 0 Å². The molecule has 1 saturated carbocycles. The van der Waals surface area contributed by atoms with Crippen molar-refractivity contribution in [3.63, 3.8) is 0 Å². The highest BCUT2D eigenvalue weighted by Crippen LogP contribution is 2.19. The molecular formula is C19H35N3O3. The van der Waals surface area contributed by atoms with E-state index in [1.807, 2.05) is 20.8 Å². The van der Waals surface area contributed by atoms with Gasteiger partial charge >= 0.3 is 6.09 Å². The summed E-state index contributed by atoms with van der Waals surface area (Å²) in [6.07, 6.45) is 7.14. The first-order valence-electron chi connectivity index (χ1n) is 9.80. The molecule has 6 nitrogen and oxygen atoms in total. The molecule has 0 unspecified atom stereocenters. The minimum absolute atomic E-state index is 0.195. The Morgan fingerprint density at radius 2 is 1.72 bits per heavy atom. The van der Waals surface area contributed by atoms with Crippen LogP contribution in [0.25, 0.3) is 0 Å². The van der Waals surface area contributed by atoms with E-state index in [1.165, 1.54) is 12.8 Å². The fourth-order valence-corrected chi connectivity index (χ4v) is 3.59. The van der Waals surface area contributed by atoms with Gasteiger partial charge in [0.15, 0.2) is 0 Å². The molecule has 2 amide bonds. The van der Waals surface area contributed by atoms with Crippen molar-refractivity contribution in [2.45, 2.75) is 77.4 Å². The van der Waals surface area contributed by atoms with Crippen LogP contribution >= 0.6 is 0 Å². The van der Waals surface area contributed by atoms with Gasteiger partial charge in [-0.3, -0.25) is 4.79 Å². The number of nitrogens with one attached hydrogen (secondary N) is 2. The van der Waals surface area contributed by atoms with E-state index in [0.29, 0.717) is 24.9 Å². The van der Waals surface area contributed by atoms with Crippen LogP contribution in [0.1, 0.15) is 65.7 Å². The molecule has 1 heterocycles. The summed E-state index contributed by atoms with van der Waals surface area (Å²) in [4.78, 5) is 26.1. The first kappa shape index (κ1) is 20.0. The molecule has 25 heavy (non-hydrogen) atoms. The Morgan fingerprint density at radius 3 is 2.32 bits per heavy atom. The van der Waals surface area contributed by atoms with Crippen molar-refractivity contribution in [2.24, 2.45) is 5.92 Å². The summed E-state index contributed by atoms with van der Waals surface area (Å²) in [5.41, 5.74) is -0.452. The summed E-state index contributed by atoms with van der Waals surface area (Å²) in [6, 6.07) is 0.414. The zero-order valence-corrected chi connectivity index (χ0v) is 16.1. The number of ether oxygens (including phenoxy) is 1. The van der Waals surface area contributed by atoms with Crippen LogP contribution in [0.15, 0.2) is 0 Å². The Kier molecular flexibility index (Phi) is 7.54. The van der Waals surface area contributed by atoms with E-state index in [2.05, 4.69) is 15.5 Å². The summed E-state index contributed by atoms with van der Waals surface area (Å²) in [6.45, 7) is 9.11. The third kappa shape index (κ3) is 8.08. The number of hydrogen-bond donors (Lipinski definition) is 2. The van der Waals surface area contributed by atoms with E-state index in [9.17, 15) is 9.59 Å². The average Bonchev–Trinajstić information content (AvgIpc) is 3.03. The third-order valence-electron chi connectivity index (χ3n) is 5.02. The van der Waals surface area contributed by atoms with Gasteiger partial charge in [0.2, 0.25) is 5.91 Å². The van der Waals surface area contributed by atoms with Crippen molar-refractivity contribution in [1.82, 2.24) is 15.5 Å². The molecule has 1 aliphatic carbocycles. The molecule has 0 aromatic carbocycles. The van der Waals surface area contributed by atoms with Gasteiger partial charge in [0, 0.05) is 25.6 Å². The van der Waals surface area contributed by atoms with Gasteiger partial charge in [0.05, 0.1) is 0 Å². The van der Waals surface area contributed by atoms with E-state index < -0.39 is 5.60 Å². The molecule has 0 atom stereocenters. The lowest BCUT2D eigenvalue weighted by Crippen LogP contribution is -2.41. The second kappa shape index (κ2) is 9.41. The van der Waals surface area contributed by atoms with Crippen molar-refractivity contribution in [1.29, 1.82) is 0 Å². The molecule has 1 aliphatic heterocycles. The van der Waals surface area contributed by atoms with E-state index >= 15 is 0 Å². The predicted octanol–water partition coefficient (Wildman–Crippen LogP) is 2.67. The third-order valence-corrected chi connectivity index (χ3v) is 5.02. The number of likely N-dealkylation sites (tertiary alicyclic amines) is 1. The quantitative estimate of drug-likeness (QED) is 0.770. The van der Waals surface area contributed by atoms with Gasteiger partial charge in [-0.2, -0.15) is 0 Å². The number of rotatable bonds is 6. The van der Waals surface area contributed by atoms with E-state index in [0.717, 1.165) is 45.3 Å². The van der Waals surface area contributed by atoms with Gasteiger partial charge < -0.3 is 20.3 Å². The summed E-state index contributed by atoms with van der Waals surface area (Å²) in [7, 11) is 0. The van der Waals surface area contributed by atoms with E-state index in [1.54, 1.807) is 0 Å². The first-order valence-corrected chi connectivity index (χ1v) is 9.80. The molecule has 144 valence electrons. The molecule has 2 fully saturated rings. The maximum atomic E-state index is 12.0. The van der Waals surface area contributed by atoms with Crippen molar-refractivity contribution >= 4 is 12.0 Å². The molecule has 0 aromatic heterocycles.